The normalized spacial score (nSPS) is 17.5. The Bertz CT molecular complexity index is 1060. The molecule has 24 heavy (non-hydrogen) atoms. The summed E-state index contributed by atoms with van der Waals surface area (Å²) in [6.45, 7) is 4.31. The smallest absolute Gasteiger partial charge is 0.183 e. The topological polar surface area (TPSA) is 56.0 Å². The molecule has 0 radical (unpaired) electrons. The molecule has 1 aliphatic carbocycles. The third-order valence-electron chi connectivity index (χ3n) is 4.86. The second-order valence-corrected chi connectivity index (χ2v) is 7.57. The lowest BCUT2D eigenvalue weighted by molar-refractivity contribution is 0.602. The molecule has 0 saturated carbocycles. The van der Waals surface area contributed by atoms with E-state index in [4.69, 9.17) is 15.1 Å². The van der Waals surface area contributed by atoms with Crippen molar-refractivity contribution in [2.45, 2.75) is 39.0 Å². The molecule has 5 rings (SSSR count). The molecule has 0 amide bonds. The van der Waals surface area contributed by atoms with Crippen molar-refractivity contribution in [3.8, 4) is 11.4 Å². The molecule has 5 nitrogen and oxygen atoms in total. The van der Waals surface area contributed by atoms with Crippen molar-refractivity contribution in [3.05, 3.63) is 40.8 Å². The van der Waals surface area contributed by atoms with Crippen LogP contribution in [0.5, 0.6) is 0 Å². The highest BCUT2D eigenvalue weighted by Gasteiger charge is 2.26. The maximum atomic E-state index is 4.87. The predicted octanol–water partition coefficient (Wildman–Crippen LogP) is 4.15. The first kappa shape index (κ1) is 14.0. The van der Waals surface area contributed by atoms with Gasteiger partial charge in [0, 0.05) is 22.8 Å². The summed E-state index contributed by atoms with van der Waals surface area (Å²) < 4.78 is 1.89. The number of pyridine rings is 1. The fraction of sp³-hybridized carbons (Fsp3) is 0.333. The number of hydrogen-bond donors (Lipinski definition) is 0. The quantitative estimate of drug-likeness (QED) is 0.524. The molecular formula is C18H17N5S. The van der Waals surface area contributed by atoms with E-state index < -0.39 is 0 Å². The van der Waals surface area contributed by atoms with E-state index in [1.54, 1.807) is 12.4 Å². The molecule has 1 aliphatic rings. The predicted molar refractivity (Wildman–Crippen MR) is 95.5 cm³/mol. The number of rotatable bonds is 1. The van der Waals surface area contributed by atoms with Gasteiger partial charge >= 0.3 is 0 Å². The second kappa shape index (κ2) is 5.08. The van der Waals surface area contributed by atoms with Crippen molar-refractivity contribution in [1.82, 2.24) is 24.6 Å². The first-order valence-corrected chi connectivity index (χ1v) is 9.13. The molecule has 6 heteroatoms. The van der Waals surface area contributed by atoms with Crippen LogP contribution in [0.1, 0.15) is 41.9 Å². The zero-order chi connectivity index (χ0) is 16.3. The number of aryl methyl sites for hydroxylation is 2. The average Bonchev–Trinajstić information content (AvgIpc) is 3.18. The summed E-state index contributed by atoms with van der Waals surface area (Å²) in [5.41, 5.74) is 3.32. The summed E-state index contributed by atoms with van der Waals surface area (Å²) in [4.78, 5) is 16.4. The van der Waals surface area contributed by atoms with Crippen LogP contribution in [0.25, 0.3) is 27.3 Å². The number of aromatic nitrogens is 5. The molecule has 0 fully saturated rings. The Morgan fingerprint density at radius 2 is 2.21 bits per heavy atom. The maximum Gasteiger partial charge on any atom is 0.183 e. The molecule has 0 unspecified atom stereocenters. The van der Waals surface area contributed by atoms with Gasteiger partial charge in [-0.1, -0.05) is 6.92 Å². The average molecular weight is 335 g/mol. The maximum absolute atomic E-state index is 4.87. The van der Waals surface area contributed by atoms with Gasteiger partial charge in [0.05, 0.1) is 5.39 Å². The fourth-order valence-electron chi connectivity index (χ4n) is 3.70. The zero-order valence-corrected chi connectivity index (χ0v) is 14.5. The van der Waals surface area contributed by atoms with Crippen molar-refractivity contribution < 1.29 is 0 Å². The molecule has 4 heterocycles. The van der Waals surface area contributed by atoms with Gasteiger partial charge in [0.2, 0.25) is 0 Å². The van der Waals surface area contributed by atoms with Gasteiger partial charge < -0.3 is 0 Å². The van der Waals surface area contributed by atoms with E-state index in [0.29, 0.717) is 11.7 Å². The monoisotopic (exact) mass is 335 g/mol. The number of nitrogens with zero attached hydrogens (tertiary/aromatic N) is 5. The van der Waals surface area contributed by atoms with Crippen LogP contribution in [0.4, 0.5) is 0 Å². The molecule has 4 aromatic heterocycles. The Labute approximate surface area is 143 Å². The number of hydrogen-bond acceptors (Lipinski definition) is 5. The summed E-state index contributed by atoms with van der Waals surface area (Å²) in [6.07, 6.45) is 7.24. The van der Waals surface area contributed by atoms with E-state index in [1.165, 1.54) is 28.7 Å². The van der Waals surface area contributed by atoms with Crippen LogP contribution in [-0.2, 0) is 6.42 Å². The number of fused-ring (bicyclic) bond motifs is 5. The summed E-state index contributed by atoms with van der Waals surface area (Å²) >= 11 is 1.83. The Balaban J connectivity index is 1.86. The fourth-order valence-corrected chi connectivity index (χ4v) is 5.08. The van der Waals surface area contributed by atoms with Crippen molar-refractivity contribution in [3.63, 3.8) is 0 Å². The summed E-state index contributed by atoms with van der Waals surface area (Å²) in [7, 11) is 0. The van der Waals surface area contributed by atoms with Crippen LogP contribution in [0.3, 0.4) is 0 Å². The highest BCUT2D eigenvalue weighted by molar-refractivity contribution is 7.19. The summed E-state index contributed by atoms with van der Waals surface area (Å²) in [6, 6.07) is 3.91. The number of thiophene rings is 1. The third-order valence-corrected chi connectivity index (χ3v) is 6.02. The van der Waals surface area contributed by atoms with Crippen molar-refractivity contribution in [1.29, 1.82) is 0 Å². The molecule has 0 spiro atoms. The minimum absolute atomic E-state index is 0.564. The van der Waals surface area contributed by atoms with Crippen molar-refractivity contribution in [2.75, 3.05) is 0 Å². The summed E-state index contributed by atoms with van der Waals surface area (Å²) in [5.74, 6) is 2.16. The Kier molecular flexibility index (Phi) is 2.97. The van der Waals surface area contributed by atoms with Gasteiger partial charge in [0.15, 0.2) is 11.5 Å². The van der Waals surface area contributed by atoms with Crippen LogP contribution in [0.15, 0.2) is 24.5 Å². The van der Waals surface area contributed by atoms with E-state index in [1.807, 2.05) is 34.9 Å². The first-order chi connectivity index (χ1) is 11.7. The highest BCUT2D eigenvalue weighted by atomic mass is 32.1. The standard InChI is InChI=1S/C18H17N5S/c1-10-5-3-7-13-14(10)15-17-21-16(12-6-4-8-19-9-12)22-23(17)11(2)20-18(15)24-13/h4,6,8-10H,3,5,7H2,1-2H3/t10-/m0/s1. The molecule has 0 aliphatic heterocycles. The summed E-state index contributed by atoms with van der Waals surface area (Å²) in [5, 5.41) is 5.90. The molecule has 0 saturated heterocycles. The molecular weight excluding hydrogens is 318 g/mol. The van der Waals surface area contributed by atoms with Gasteiger partial charge in [-0.05, 0) is 49.8 Å². The lowest BCUT2D eigenvalue weighted by Gasteiger charge is -2.18. The second-order valence-electron chi connectivity index (χ2n) is 6.48. The SMILES string of the molecule is Cc1nc2sc3c(c2c2nc(-c4cccnc4)nn12)[C@@H](C)CCC3. The van der Waals surface area contributed by atoms with Gasteiger partial charge in [-0.2, -0.15) is 4.52 Å². The van der Waals surface area contributed by atoms with Gasteiger partial charge in [-0.15, -0.1) is 16.4 Å². The van der Waals surface area contributed by atoms with Crippen molar-refractivity contribution >= 4 is 27.2 Å². The van der Waals surface area contributed by atoms with Crippen LogP contribution >= 0.6 is 11.3 Å². The molecule has 0 bridgehead atoms. The highest BCUT2D eigenvalue weighted by Crippen LogP contribution is 2.43. The van der Waals surface area contributed by atoms with Gasteiger partial charge in [0.1, 0.15) is 10.7 Å². The molecule has 0 aromatic carbocycles. The van der Waals surface area contributed by atoms with E-state index >= 15 is 0 Å². The van der Waals surface area contributed by atoms with E-state index in [9.17, 15) is 0 Å². The van der Waals surface area contributed by atoms with Crippen LogP contribution < -0.4 is 0 Å². The Morgan fingerprint density at radius 3 is 3.04 bits per heavy atom. The molecule has 1 atom stereocenters. The minimum atomic E-state index is 0.564. The van der Waals surface area contributed by atoms with Gasteiger partial charge in [0.25, 0.3) is 0 Å². The van der Waals surface area contributed by atoms with E-state index in [2.05, 4.69) is 11.9 Å². The molecule has 0 N–H and O–H groups in total. The van der Waals surface area contributed by atoms with Crippen LogP contribution in [0, 0.1) is 6.92 Å². The minimum Gasteiger partial charge on any atom is -0.264 e. The van der Waals surface area contributed by atoms with E-state index in [0.717, 1.165) is 28.3 Å². The van der Waals surface area contributed by atoms with Crippen molar-refractivity contribution in [2.24, 2.45) is 0 Å². The van der Waals surface area contributed by atoms with Crippen LogP contribution in [-0.4, -0.2) is 24.6 Å². The van der Waals surface area contributed by atoms with E-state index in [-0.39, 0.29) is 0 Å². The largest absolute Gasteiger partial charge is 0.264 e. The van der Waals surface area contributed by atoms with Gasteiger partial charge in [-0.3, -0.25) is 4.98 Å². The zero-order valence-electron chi connectivity index (χ0n) is 13.7. The first-order valence-electron chi connectivity index (χ1n) is 8.31. The molecule has 4 aromatic rings. The molecule has 120 valence electrons. The Morgan fingerprint density at radius 1 is 1.29 bits per heavy atom. The van der Waals surface area contributed by atoms with Crippen LogP contribution in [0.2, 0.25) is 0 Å². The lowest BCUT2D eigenvalue weighted by Crippen LogP contribution is -2.05. The lowest BCUT2D eigenvalue weighted by atomic mass is 9.87. The Hall–Kier alpha value is -2.34. The van der Waals surface area contributed by atoms with Gasteiger partial charge in [-0.25, -0.2) is 9.97 Å². The third kappa shape index (κ3) is 1.92.